The number of nitrogens with two attached hydrogens (primary N) is 1. The lowest BCUT2D eigenvalue weighted by atomic mass is 10.0. The third kappa shape index (κ3) is 2.90. The number of hydrogen-bond acceptors (Lipinski definition) is 3. The minimum Gasteiger partial charge on any atom is -0.329 e. The van der Waals surface area contributed by atoms with E-state index in [1.165, 1.54) is 10.9 Å². The van der Waals surface area contributed by atoms with Crippen molar-refractivity contribution in [1.82, 2.24) is 4.90 Å². The fourth-order valence-corrected chi connectivity index (χ4v) is 3.12. The highest BCUT2D eigenvalue weighted by molar-refractivity contribution is 7.10. The van der Waals surface area contributed by atoms with E-state index in [4.69, 9.17) is 5.73 Å². The van der Waals surface area contributed by atoms with Crippen LogP contribution in [-0.4, -0.2) is 18.5 Å². The van der Waals surface area contributed by atoms with Crippen LogP contribution in [0.25, 0.3) is 0 Å². The van der Waals surface area contributed by atoms with E-state index in [1.54, 1.807) is 17.4 Å². The van der Waals surface area contributed by atoms with Gasteiger partial charge in [0.15, 0.2) is 11.6 Å². The van der Waals surface area contributed by atoms with Gasteiger partial charge in [-0.3, -0.25) is 4.90 Å². The Bertz CT molecular complexity index is 557. The van der Waals surface area contributed by atoms with Crippen LogP contribution < -0.4 is 5.73 Å². The second-order valence-electron chi connectivity index (χ2n) is 4.75. The van der Waals surface area contributed by atoms with Gasteiger partial charge in [0.25, 0.3) is 0 Å². The molecule has 1 aromatic carbocycles. The fraction of sp³-hybridized carbons (Fsp3) is 0.333. The van der Waals surface area contributed by atoms with E-state index in [0.29, 0.717) is 5.56 Å². The highest BCUT2D eigenvalue weighted by Gasteiger charge is 2.25. The second-order valence-corrected chi connectivity index (χ2v) is 5.73. The van der Waals surface area contributed by atoms with E-state index in [1.807, 2.05) is 36.4 Å². The van der Waals surface area contributed by atoms with E-state index in [-0.39, 0.29) is 18.6 Å². The first kappa shape index (κ1) is 15.1. The summed E-state index contributed by atoms with van der Waals surface area (Å²) in [7, 11) is 1.88. The van der Waals surface area contributed by atoms with Crippen LogP contribution in [0.1, 0.15) is 29.4 Å². The normalized spacial score (nSPS) is 14.5. The molecule has 2 N–H and O–H groups in total. The molecule has 2 aromatic rings. The van der Waals surface area contributed by atoms with Crippen molar-refractivity contribution in [3.05, 3.63) is 57.8 Å². The first-order chi connectivity index (χ1) is 9.56. The summed E-state index contributed by atoms with van der Waals surface area (Å²) in [5, 5.41) is 2.00. The summed E-state index contributed by atoms with van der Waals surface area (Å²) >= 11 is 1.64. The topological polar surface area (TPSA) is 29.3 Å². The molecule has 20 heavy (non-hydrogen) atoms. The van der Waals surface area contributed by atoms with Crippen molar-refractivity contribution in [1.29, 1.82) is 0 Å². The molecule has 1 heterocycles. The predicted octanol–water partition coefficient (Wildman–Crippen LogP) is 3.72. The van der Waals surface area contributed by atoms with Gasteiger partial charge in [-0.2, -0.15) is 0 Å². The van der Waals surface area contributed by atoms with Gasteiger partial charge in [0.2, 0.25) is 0 Å². The molecule has 2 unspecified atom stereocenters. The molecule has 0 aliphatic heterocycles. The molecule has 5 heteroatoms. The summed E-state index contributed by atoms with van der Waals surface area (Å²) in [6.45, 7) is 2.26. The summed E-state index contributed by atoms with van der Waals surface area (Å²) < 4.78 is 27.3. The van der Waals surface area contributed by atoms with Gasteiger partial charge in [0.1, 0.15) is 0 Å². The molecule has 2 atom stereocenters. The number of likely N-dealkylation sites (N-methyl/N-ethyl adjacent to an activating group) is 1. The Balaban J connectivity index is 2.30. The van der Waals surface area contributed by atoms with E-state index in [0.717, 1.165) is 6.07 Å². The van der Waals surface area contributed by atoms with Crippen LogP contribution in [0, 0.1) is 11.6 Å². The molecular formula is C15H18F2N2S. The second kappa shape index (κ2) is 6.43. The van der Waals surface area contributed by atoms with Crippen molar-refractivity contribution in [2.45, 2.75) is 19.0 Å². The molecule has 2 rings (SSSR count). The Labute approximate surface area is 121 Å². The summed E-state index contributed by atoms with van der Waals surface area (Å²) in [6, 6.07) is 7.96. The zero-order valence-corrected chi connectivity index (χ0v) is 12.3. The van der Waals surface area contributed by atoms with Crippen LogP contribution in [0.3, 0.4) is 0 Å². The molecule has 0 saturated carbocycles. The SMILES string of the molecule is CC(c1cccs1)N(C)C(CN)c1cccc(F)c1F. The Morgan fingerprint density at radius 3 is 2.60 bits per heavy atom. The zero-order valence-electron chi connectivity index (χ0n) is 11.5. The molecule has 0 spiro atoms. The minimum absolute atomic E-state index is 0.0891. The number of rotatable bonds is 5. The van der Waals surface area contributed by atoms with E-state index >= 15 is 0 Å². The molecule has 0 saturated heterocycles. The van der Waals surface area contributed by atoms with Gasteiger partial charge >= 0.3 is 0 Å². The smallest absolute Gasteiger partial charge is 0.163 e. The molecule has 0 amide bonds. The third-order valence-electron chi connectivity index (χ3n) is 3.62. The van der Waals surface area contributed by atoms with Crippen molar-refractivity contribution in [2.75, 3.05) is 13.6 Å². The molecule has 0 aliphatic carbocycles. The van der Waals surface area contributed by atoms with Gasteiger partial charge in [-0.1, -0.05) is 18.2 Å². The Morgan fingerprint density at radius 1 is 1.25 bits per heavy atom. The summed E-state index contributed by atoms with van der Waals surface area (Å²) in [4.78, 5) is 3.15. The number of halogens is 2. The summed E-state index contributed by atoms with van der Waals surface area (Å²) in [6.07, 6.45) is 0. The number of nitrogens with zero attached hydrogens (tertiary/aromatic N) is 1. The van der Waals surface area contributed by atoms with Crippen LogP contribution in [0.2, 0.25) is 0 Å². The van der Waals surface area contributed by atoms with Crippen LogP contribution >= 0.6 is 11.3 Å². The maximum atomic E-state index is 14.0. The van der Waals surface area contributed by atoms with E-state index < -0.39 is 11.6 Å². The molecule has 108 valence electrons. The first-order valence-electron chi connectivity index (χ1n) is 6.45. The maximum absolute atomic E-state index is 14.0. The summed E-state index contributed by atoms with van der Waals surface area (Å²) in [5.74, 6) is -1.65. The van der Waals surface area contributed by atoms with Gasteiger partial charge in [-0.15, -0.1) is 11.3 Å². The first-order valence-corrected chi connectivity index (χ1v) is 7.33. The van der Waals surface area contributed by atoms with E-state index in [9.17, 15) is 8.78 Å². The molecular weight excluding hydrogens is 278 g/mol. The van der Waals surface area contributed by atoms with Crippen molar-refractivity contribution in [3.63, 3.8) is 0 Å². The van der Waals surface area contributed by atoms with Crippen molar-refractivity contribution in [3.8, 4) is 0 Å². The maximum Gasteiger partial charge on any atom is 0.163 e. The molecule has 0 fully saturated rings. The highest BCUT2D eigenvalue weighted by Crippen LogP contribution is 2.31. The molecule has 2 nitrogen and oxygen atoms in total. The number of benzene rings is 1. The van der Waals surface area contributed by atoms with Gasteiger partial charge in [-0.25, -0.2) is 8.78 Å². The van der Waals surface area contributed by atoms with Crippen molar-refractivity contribution < 1.29 is 8.78 Å². The fourth-order valence-electron chi connectivity index (χ4n) is 2.29. The van der Waals surface area contributed by atoms with Crippen LogP contribution in [0.15, 0.2) is 35.7 Å². The monoisotopic (exact) mass is 296 g/mol. The lowest BCUT2D eigenvalue weighted by molar-refractivity contribution is 0.188. The minimum atomic E-state index is -0.835. The summed E-state index contributed by atoms with van der Waals surface area (Å²) in [5.41, 5.74) is 6.09. The molecule has 0 radical (unpaired) electrons. The van der Waals surface area contributed by atoms with E-state index in [2.05, 4.69) is 0 Å². The predicted molar refractivity (Wildman–Crippen MR) is 78.7 cm³/mol. The van der Waals surface area contributed by atoms with Crippen molar-refractivity contribution >= 4 is 11.3 Å². The van der Waals surface area contributed by atoms with Gasteiger partial charge in [0.05, 0.1) is 6.04 Å². The van der Waals surface area contributed by atoms with Gasteiger partial charge < -0.3 is 5.73 Å². The lowest BCUT2D eigenvalue weighted by Gasteiger charge is -2.32. The quantitative estimate of drug-likeness (QED) is 0.911. The van der Waals surface area contributed by atoms with Gasteiger partial charge in [-0.05, 0) is 31.5 Å². The van der Waals surface area contributed by atoms with Crippen LogP contribution in [-0.2, 0) is 0 Å². The highest BCUT2D eigenvalue weighted by atomic mass is 32.1. The zero-order chi connectivity index (χ0) is 14.7. The molecule has 0 bridgehead atoms. The lowest BCUT2D eigenvalue weighted by Crippen LogP contribution is -2.33. The average Bonchev–Trinajstić information content (AvgIpc) is 2.97. The van der Waals surface area contributed by atoms with Crippen LogP contribution in [0.5, 0.6) is 0 Å². The van der Waals surface area contributed by atoms with Crippen LogP contribution in [0.4, 0.5) is 8.78 Å². The molecule has 1 aromatic heterocycles. The average molecular weight is 296 g/mol. The number of thiophene rings is 1. The van der Waals surface area contributed by atoms with Gasteiger partial charge in [0, 0.05) is 23.0 Å². The molecule has 0 aliphatic rings. The Kier molecular flexibility index (Phi) is 4.86. The number of hydrogen-bond donors (Lipinski definition) is 1. The standard InChI is InChI=1S/C15H18F2N2S/c1-10(14-7-4-8-20-14)19(2)13(9-18)11-5-3-6-12(16)15(11)17/h3-8,10,13H,9,18H2,1-2H3. The van der Waals surface area contributed by atoms with Crippen molar-refractivity contribution in [2.24, 2.45) is 5.73 Å². The Hall–Kier alpha value is -1.30. The Morgan fingerprint density at radius 2 is 2.00 bits per heavy atom. The third-order valence-corrected chi connectivity index (χ3v) is 4.66. The largest absolute Gasteiger partial charge is 0.329 e.